The van der Waals surface area contributed by atoms with Gasteiger partial charge in [0.25, 0.3) is 0 Å². The highest BCUT2D eigenvalue weighted by molar-refractivity contribution is 8.01. The average molecular weight is 346 g/mol. The number of amides is 2. The molecule has 2 fully saturated rings. The zero-order valence-electron chi connectivity index (χ0n) is 14.3. The Labute approximate surface area is 146 Å². The summed E-state index contributed by atoms with van der Waals surface area (Å²) < 4.78 is -0.337. The monoisotopic (exact) mass is 346 g/mol. The molecular formula is C18H22N2O3S. The molecule has 2 heterocycles. The van der Waals surface area contributed by atoms with Gasteiger partial charge >= 0.3 is 0 Å². The minimum absolute atomic E-state index is 0.00854. The number of hydrogen-bond acceptors (Lipinski definition) is 4. The van der Waals surface area contributed by atoms with Crippen LogP contribution in [0.15, 0.2) is 30.3 Å². The summed E-state index contributed by atoms with van der Waals surface area (Å²) in [5.41, 5.74) is 0.916. The molecule has 0 saturated carbocycles. The summed E-state index contributed by atoms with van der Waals surface area (Å²) in [6.45, 7) is 7.29. The van der Waals surface area contributed by atoms with Crippen molar-refractivity contribution in [2.75, 3.05) is 0 Å². The van der Waals surface area contributed by atoms with Crippen molar-refractivity contribution in [1.82, 2.24) is 10.2 Å². The molecule has 0 radical (unpaired) electrons. The third-order valence-corrected chi connectivity index (χ3v) is 6.39. The summed E-state index contributed by atoms with van der Waals surface area (Å²) in [4.78, 5) is 38.5. The van der Waals surface area contributed by atoms with Gasteiger partial charge in [0.2, 0.25) is 11.8 Å². The lowest BCUT2D eigenvalue weighted by atomic mass is 9.92. The van der Waals surface area contributed by atoms with Crippen LogP contribution in [0.2, 0.25) is 0 Å². The molecule has 4 atom stereocenters. The first-order valence-corrected chi connectivity index (χ1v) is 8.98. The number of hydrogen-bond donors (Lipinski definition) is 1. The fourth-order valence-corrected chi connectivity index (χ4v) is 5.28. The molecule has 5 nitrogen and oxygen atoms in total. The van der Waals surface area contributed by atoms with Gasteiger partial charge in [0.15, 0.2) is 5.78 Å². The molecule has 24 heavy (non-hydrogen) atoms. The summed E-state index contributed by atoms with van der Waals surface area (Å²) in [7, 11) is 0. The molecule has 1 aromatic rings. The summed E-state index contributed by atoms with van der Waals surface area (Å²) in [5.74, 6) is -0.655. The largest absolute Gasteiger partial charge is 0.341 e. The van der Waals surface area contributed by atoms with E-state index in [1.807, 2.05) is 51.1 Å². The van der Waals surface area contributed by atoms with Gasteiger partial charge in [-0.15, -0.1) is 11.8 Å². The van der Waals surface area contributed by atoms with Crippen LogP contribution in [-0.4, -0.2) is 44.7 Å². The maximum Gasteiger partial charge on any atom is 0.249 e. The second kappa shape index (κ2) is 5.92. The number of nitrogens with zero attached hydrogens (tertiary/aromatic N) is 1. The standard InChI is InChI=1S/C18H22N2O3S/c1-10(12-8-6-5-7-9-12)15(22)19-13-16(23)20-14(11(2)21)18(3,4)24-17(13)20/h5-10,13-14,17H,1-4H3,(H,19,22). The van der Waals surface area contributed by atoms with Gasteiger partial charge in [0, 0.05) is 4.75 Å². The van der Waals surface area contributed by atoms with Crippen LogP contribution in [-0.2, 0) is 14.4 Å². The zero-order chi connectivity index (χ0) is 17.6. The number of benzene rings is 1. The summed E-state index contributed by atoms with van der Waals surface area (Å²) in [5, 5.41) is 2.71. The first-order chi connectivity index (χ1) is 11.2. The van der Waals surface area contributed by atoms with Gasteiger partial charge in [0.1, 0.15) is 17.5 Å². The Balaban J connectivity index is 1.71. The molecule has 0 aromatic heterocycles. The molecule has 0 aliphatic carbocycles. The molecule has 2 amide bonds. The van der Waals surface area contributed by atoms with E-state index in [2.05, 4.69) is 5.32 Å². The third-order valence-electron chi connectivity index (χ3n) is 4.82. The number of rotatable bonds is 4. The minimum atomic E-state index is -0.544. The normalized spacial score (nSPS) is 28.8. The van der Waals surface area contributed by atoms with Gasteiger partial charge in [-0.1, -0.05) is 30.3 Å². The highest BCUT2D eigenvalue weighted by Gasteiger charge is 2.63. The quantitative estimate of drug-likeness (QED) is 0.846. The fraction of sp³-hybridized carbons (Fsp3) is 0.500. The van der Waals surface area contributed by atoms with Crippen LogP contribution in [0.5, 0.6) is 0 Å². The van der Waals surface area contributed by atoms with Crippen molar-refractivity contribution in [3.8, 4) is 0 Å². The number of Topliss-reactive ketones (excluding diaryl/α,β-unsaturated/α-hetero) is 1. The van der Waals surface area contributed by atoms with Crippen molar-refractivity contribution in [3.05, 3.63) is 35.9 Å². The highest BCUT2D eigenvalue weighted by Crippen LogP contribution is 2.51. The van der Waals surface area contributed by atoms with Gasteiger partial charge in [-0.3, -0.25) is 14.4 Å². The predicted molar refractivity (Wildman–Crippen MR) is 93.6 cm³/mol. The molecule has 0 bridgehead atoms. The van der Waals surface area contributed by atoms with E-state index in [-0.39, 0.29) is 33.6 Å². The first-order valence-electron chi connectivity index (χ1n) is 8.10. The third kappa shape index (κ3) is 2.62. The van der Waals surface area contributed by atoms with Crippen LogP contribution in [0, 0.1) is 0 Å². The Bertz CT molecular complexity index is 689. The van der Waals surface area contributed by atoms with Gasteiger partial charge in [-0.25, -0.2) is 0 Å². The van der Waals surface area contributed by atoms with Crippen molar-refractivity contribution >= 4 is 29.4 Å². The first kappa shape index (κ1) is 17.0. The molecule has 1 N–H and O–H groups in total. The highest BCUT2D eigenvalue weighted by atomic mass is 32.2. The van der Waals surface area contributed by atoms with E-state index in [9.17, 15) is 14.4 Å². The zero-order valence-corrected chi connectivity index (χ0v) is 15.1. The van der Waals surface area contributed by atoms with Crippen molar-refractivity contribution in [1.29, 1.82) is 0 Å². The molecule has 2 aliphatic rings. The van der Waals surface area contributed by atoms with Crippen molar-refractivity contribution in [3.63, 3.8) is 0 Å². The van der Waals surface area contributed by atoms with E-state index < -0.39 is 12.1 Å². The average Bonchev–Trinajstić information content (AvgIpc) is 2.80. The topological polar surface area (TPSA) is 66.5 Å². The smallest absolute Gasteiger partial charge is 0.249 e. The molecule has 4 unspecified atom stereocenters. The fourth-order valence-electron chi connectivity index (χ4n) is 3.59. The molecular weight excluding hydrogens is 324 g/mol. The number of β-lactam (4-membered cyclic amide) rings is 1. The predicted octanol–water partition coefficient (Wildman–Crippen LogP) is 1.93. The van der Waals surface area contributed by atoms with E-state index in [1.165, 1.54) is 6.92 Å². The summed E-state index contributed by atoms with van der Waals surface area (Å²) in [6, 6.07) is 8.53. The molecule has 2 saturated heterocycles. The lowest BCUT2D eigenvalue weighted by molar-refractivity contribution is -0.154. The van der Waals surface area contributed by atoms with Gasteiger partial charge in [-0.2, -0.15) is 0 Å². The Morgan fingerprint density at radius 1 is 1.25 bits per heavy atom. The SMILES string of the molecule is CC(=O)C1N2C(=O)C(NC(=O)C(C)c3ccccc3)C2SC1(C)C. The molecule has 128 valence electrons. The van der Waals surface area contributed by atoms with E-state index in [4.69, 9.17) is 0 Å². The summed E-state index contributed by atoms with van der Waals surface area (Å²) >= 11 is 1.58. The number of carbonyl (C=O) groups excluding carboxylic acids is 3. The van der Waals surface area contributed by atoms with Crippen LogP contribution in [0.4, 0.5) is 0 Å². The Morgan fingerprint density at radius 3 is 2.46 bits per heavy atom. The van der Waals surface area contributed by atoms with Crippen LogP contribution in [0.3, 0.4) is 0 Å². The lowest BCUT2D eigenvalue weighted by Crippen LogP contribution is -2.70. The minimum Gasteiger partial charge on any atom is -0.341 e. The van der Waals surface area contributed by atoms with Crippen LogP contribution >= 0.6 is 11.8 Å². The second-order valence-electron chi connectivity index (χ2n) is 6.99. The van der Waals surface area contributed by atoms with Crippen molar-refractivity contribution < 1.29 is 14.4 Å². The van der Waals surface area contributed by atoms with Crippen molar-refractivity contribution in [2.45, 2.75) is 55.8 Å². The van der Waals surface area contributed by atoms with Gasteiger partial charge in [0.05, 0.1) is 5.92 Å². The Kier molecular flexibility index (Phi) is 4.20. The summed E-state index contributed by atoms with van der Waals surface area (Å²) in [6.07, 6.45) is 0. The van der Waals surface area contributed by atoms with Crippen LogP contribution < -0.4 is 5.32 Å². The van der Waals surface area contributed by atoms with E-state index in [1.54, 1.807) is 16.7 Å². The number of ketones is 1. The van der Waals surface area contributed by atoms with Crippen LogP contribution in [0.1, 0.15) is 39.2 Å². The number of nitrogens with one attached hydrogen (secondary N) is 1. The molecule has 0 spiro atoms. The second-order valence-corrected chi connectivity index (χ2v) is 8.76. The van der Waals surface area contributed by atoms with Crippen LogP contribution in [0.25, 0.3) is 0 Å². The van der Waals surface area contributed by atoms with Gasteiger partial charge < -0.3 is 10.2 Å². The number of thioether (sulfide) groups is 1. The Hall–Kier alpha value is -1.82. The molecule has 2 aliphatic heterocycles. The van der Waals surface area contributed by atoms with Gasteiger partial charge in [-0.05, 0) is 33.3 Å². The number of carbonyl (C=O) groups is 3. The van der Waals surface area contributed by atoms with E-state index >= 15 is 0 Å². The molecule has 6 heteroatoms. The maximum atomic E-state index is 12.5. The molecule has 3 rings (SSSR count). The van der Waals surface area contributed by atoms with Crippen molar-refractivity contribution in [2.24, 2.45) is 0 Å². The number of fused-ring (bicyclic) bond motifs is 1. The lowest BCUT2D eigenvalue weighted by Gasteiger charge is -2.44. The maximum absolute atomic E-state index is 12.5. The van der Waals surface area contributed by atoms with E-state index in [0.29, 0.717) is 0 Å². The van der Waals surface area contributed by atoms with E-state index in [0.717, 1.165) is 5.56 Å². The molecule has 1 aromatic carbocycles. The Morgan fingerprint density at radius 2 is 1.88 bits per heavy atom.